The Morgan fingerprint density at radius 2 is 1.73 bits per heavy atom. The number of oxazole rings is 1. The van der Waals surface area contributed by atoms with E-state index < -0.39 is 24.8 Å². The van der Waals surface area contributed by atoms with Gasteiger partial charge >= 0.3 is 5.76 Å². The molecule has 352 valence electrons. The van der Waals surface area contributed by atoms with Gasteiger partial charge in [0.1, 0.15) is 24.8 Å². The number of methoxy groups -OCH3 is 1. The Labute approximate surface area is 395 Å². The summed E-state index contributed by atoms with van der Waals surface area (Å²) in [7, 11) is -1.25. The summed E-state index contributed by atoms with van der Waals surface area (Å²) in [5.41, 5.74) is 5.42. The number of hydrogen-bond donors (Lipinski definition) is 5. The van der Waals surface area contributed by atoms with Crippen molar-refractivity contribution in [1.29, 1.82) is 0 Å². The summed E-state index contributed by atoms with van der Waals surface area (Å²) in [5.74, 6) is 0.0340. The lowest BCUT2D eigenvalue weighted by atomic mass is 10.0. The third kappa shape index (κ3) is 9.91. The summed E-state index contributed by atoms with van der Waals surface area (Å²) in [5, 5.41) is 22.3. The lowest BCUT2D eigenvalue weighted by Crippen LogP contribution is -2.44. The van der Waals surface area contributed by atoms with Crippen LogP contribution in [-0.2, 0) is 27.0 Å². The van der Waals surface area contributed by atoms with E-state index in [-0.39, 0.29) is 30.3 Å². The number of amides is 2. The van der Waals surface area contributed by atoms with E-state index in [1.165, 1.54) is 14.8 Å². The molecule has 0 radical (unpaired) electrons. The summed E-state index contributed by atoms with van der Waals surface area (Å²) >= 11 is 3.59. The highest BCUT2D eigenvalue weighted by molar-refractivity contribution is 9.10. The minimum Gasteiger partial charge on any atom is -0.494 e. The Bertz CT molecular complexity index is 3040. The molecule has 3 aliphatic rings. The van der Waals surface area contributed by atoms with Crippen molar-refractivity contribution in [1.82, 2.24) is 40.3 Å². The average molecular weight is 997 g/mol. The number of nitrogens with one attached hydrogen (secondary N) is 5. The number of hydrogen-bond acceptors (Lipinski definition) is 15. The molecular weight excluding hydrogens is 941 g/mol. The van der Waals surface area contributed by atoms with Gasteiger partial charge in [0, 0.05) is 67.3 Å². The normalized spacial score (nSPS) is 17.0. The van der Waals surface area contributed by atoms with Crippen molar-refractivity contribution in [2.75, 3.05) is 68.7 Å². The Morgan fingerprint density at radius 3 is 2.46 bits per heavy atom. The molecule has 6 aromatic rings. The Morgan fingerprint density at radius 1 is 0.925 bits per heavy atom. The number of aryl methyl sites for hydroxylation is 1. The van der Waals surface area contributed by atoms with Crippen molar-refractivity contribution in [3.05, 3.63) is 91.4 Å². The number of carbonyl (C=O) groups is 2. The molecule has 1 atom stereocenters. The number of rotatable bonds is 17. The molecule has 67 heavy (non-hydrogen) atoms. The molecule has 3 aromatic carbocycles. The van der Waals surface area contributed by atoms with Gasteiger partial charge in [0.2, 0.25) is 17.8 Å². The smallest absolute Gasteiger partial charge is 0.420 e. The highest BCUT2D eigenvalue weighted by Crippen LogP contribution is 2.42. The van der Waals surface area contributed by atoms with Gasteiger partial charge in [0.25, 0.3) is 5.56 Å². The monoisotopic (exact) mass is 995 g/mol. The second-order valence-electron chi connectivity index (χ2n) is 17.8. The molecule has 3 fully saturated rings. The zero-order chi connectivity index (χ0) is 47.0. The van der Waals surface area contributed by atoms with Gasteiger partial charge in [0.15, 0.2) is 5.58 Å². The van der Waals surface area contributed by atoms with Crippen LogP contribution in [0.5, 0.6) is 5.75 Å². The summed E-state index contributed by atoms with van der Waals surface area (Å²) in [6, 6.07) is 13.1. The number of anilines is 5. The molecule has 1 unspecified atom stereocenters. The van der Waals surface area contributed by atoms with Crippen molar-refractivity contribution in [2.45, 2.75) is 76.4 Å². The molecule has 1 saturated carbocycles. The number of piperidine rings is 2. The fourth-order valence-electron chi connectivity index (χ4n) is 9.21. The molecule has 3 aromatic heterocycles. The van der Waals surface area contributed by atoms with Gasteiger partial charge in [0.05, 0.1) is 46.1 Å². The van der Waals surface area contributed by atoms with Crippen molar-refractivity contribution in [3.63, 3.8) is 0 Å². The van der Waals surface area contributed by atoms with Gasteiger partial charge in [-0.2, -0.15) is 10.1 Å². The predicted molar refractivity (Wildman–Crippen MR) is 264 cm³/mol. The first-order valence-corrected chi connectivity index (χ1v) is 26.2. The molecule has 2 amide bonds. The van der Waals surface area contributed by atoms with Crippen LogP contribution in [0.4, 0.5) is 28.8 Å². The van der Waals surface area contributed by atoms with Crippen LogP contribution in [0.2, 0.25) is 0 Å². The van der Waals surface area contributed by atoms with Crippen molar-refractivity contribution < 1.29 is 23.3 Å². The lowest BCUT2D eigenvalue weighted by molar-refractivity contribution is -0.135. The number of imide groups is 1. The highest BCUT2D eigenvalue weighted by atomic mass is 79.9. The standard InChI is InChI=1S/C47H55BrN11O7P/c1-5-28-23-35(54-46-51-26-33(48)43(56-46)53-34-10-9-31-32(42(34)67(3,4)64)25-52-59(45(31)62)30-7-8-30)39(65-2)24-38(28)57-20-15-29(16-21-57)50-19-18-49-17-14-27-6-11-36-40(22-27)66-47(63)58(36)37-12-13-41(60)55-44(37)61/h6,9-11,22-26,29-30,37,49-50H,5,7-8,12-21H2,1-4H3,(H,55,60,61)(H2,51,53,54,56). The average Bonchev–Trinajstić information content (AvgIpc) is 4.10. The molecule has 5 N–H and O–H groups in total. The maximum absolute atomic E-state index is 13.8. The highest BCUT2D eigenvalue weighted by Gasteiger charge is 2.32. The molecule has 18 nitrogen and oxygen atoms in total. The number of nitrogens with zero attached hydrogens (tertiary/aromatic N) is 6. The number of fused-ring (bicyclic) bond motifs is 2. The summed E-state index contributed by atoms with van der Waals surface area (Å²) < 4.78 is 28.7. The van der Waals surface area contributed by atoms with Crippen LogP contribution in [0.25, 0.3) is 21.9 Å². The fraction of sp³-hybridized carbons (Fsp3) is 0.426. The number of halogens is 1. The first-order valence-electron chi connectivity index (χ1n) is 22.8. The SMILES string of the molecule is CCc1cc(Nc2ncc(Br)c(Nc3ccc4c(=O)n(C5CC5)ncc4c3P(C)(C)=O)n2)c(OC)cc1N1CCC(NCCNCCc2ccc3c(c2)oc(=O)n3C2CCC(=O)NC2=O)CC1. The lowest BCUT2D eigenvalue weighted by Gasteiger charge is -2.35. The third-order valence-electron chi connectivity index (χ3n) is 12.8. The van der Waals surface area contributed by atoms with Crippen molar-refractivity contribution >= 4 is 90.9 Å². The molecule has 2 saturated heterocycles. The molecule has 1 aliphatic carbocycles. The van der Waals surface area contributed by atoms with Gasteiger partial charge < -0.3 is 39.9 Å². The summed E-state index contributed by atoms with van der Waals surface area (Å²) in [4.78, 5) is 61.8. The maximum Gasteiger partial charge on any atom is 0.420 e. The van der Waals surface area contributed by atoms with Crippen LogP contribution in [-0.4, -0.2) is 95.3 Å². The topological polar surface area (TPSA) is 220 Å². The van der Waals surface area contributed by atoms with E-state index in [9.17, 15) is 23.7 Å². The zero-order valence-electron chi connectivity index (χ0n) is 38.0. The van der Waals surface area contributed by atoms with E-state index in [2.05, 4.69) is 76.6 Å². The van der Waals surface area contributed by atoms with E-state index in [0.717, 1.165) is 88.2 Å². The first kappa shape index (κ1) is 46.2. The molecule has 0 bridgehead atoms. The number of carbonyl (C=O) groups excluding carboxylic acids is 2. The van der Waals surface area contributed by atoms with Crippen LogP contribution in [0.3, 0.4) is 0 Å². The summed E-state index contributed by atoms with van der Waals surface area (Å²) in [6.45, 7) is 9.70. The molecule has 0 spiro atoms. The van der Waals surface area contributed by atoms with Crippen LogP contribution in [0, 0.1) is 0 Å². The van der Waals surface area contributed by atoms with Gasteiger partial charge in [-0.3, -0.25) is 24.3 Å². The zero-order valence-corrected chi connectivity index (χ0v) is 40.5. The van der Waals surface area contributed by atoms with E-state index in [4.69, 9.17) is 14.1 Å². The fourth-order valence-corrected chi connectivity index (χ4v) is 11.0. The Balaban J connectivity index is 0.784. The minimum absolute atomic E-state index is 0.127. The van der Waals surface area contributed by atoms with E-state index in [0.29, 0.717) is 60.9 Å². The molecule has 9 rings (SSSR count). The maximum atomic E-state index is 13.8. The van der Waals surface area contributed by atoms with Crippen LogP contribution in [0.15, 0.2) is 73.3 Å². The summed E-state index contributed by atoms with van der Waals surface area (Å²) in [6.07, 6.45) is 9.16. The van der Waals surface area contributed by atoms with E-state index in [1.807, 2.05) is 18.2 Å². The van der Waals surface area contributed by atoms with Crippen molar-refractivity contribution in [3.8, 4) is 5.75 Å². The molecule has 20 heteroatoms. The number of aromatic nitrogens is 5. The largest absolute Gasteiger partial charge is 0.494 e. The van der Waals surface area contributed by atoms with Crippen molar-refractivity contribution in [2.24, 2.45) is 0 Å². The van der Waals surface area contributed by atoms with E-state index in [1.54, 1.807) is 45.0 Å². The van der Waals surface area contributed by atoms with Gasteiger partial charge in [-0.1, -0.05) is 13.0 Å². The molecule has 5 heterocycles. The van der Waals surface area contributed by atoms with Crippen LogP contribution < -0.4 is 52.8 Å². The quantitative estimate of drug-likeness (QED) is 0.0410. The third-order valence-corrected chi connectivity index (χ3v) is 14.9. The van der Waals surface area contributed by atoms with Crippen LogP contribution in [0.1, 0.15) is 68.7 Å². The van der Waals surface area contributed by atoms with Crippen LogP contribution >= 0.6 is 23.1 Å². The first-order chi connectivity index (χ1) is 32.3. The second kappa shape index (κ2) is 19.4. The van der Waals surface area contributed by atoms with Gasteiger partial charge in [-0.05, 0) is 122 Å². The number of ether oxygens (including phenoxy) is 1. The Kier molecular flexibility index (Phi) is 13.4. The van der Waals surface area contributed by atoms with Gasteiger partial charge in [-0.15, -0.1) is 0 Å². The number of benzene rings is 3. The van der Waals surface area contributed by atoms with Gasteiger partial charge in [-0.25, -0.2) is 14.5 Å². The minimum atomic E-state index is -2.91. The Hall–Kier alpha value is -5.88. The van der Waals surface area contributed by atoms with E-state index >= 15 is 0 Å². The molecule has 2 aliphatic heterocycles. The second-order valence-corrected chi connectivity index (χ2v) is 21.8. The predicted octanol–water partition coefficient (Wildman–Crippen LogP) is 5.87. The molecular formula is C47H55BrN11O7P.